The quantitative estimate of drug-likeness (QED) is 0.133. The van der Waals surface area contributed by atoms with Gasteiger partial charge in [0.1, 0.15) is 0 Å². The Morgan fingerprint density at radius 1 is 0.158 bits per heavy atom. The highest BCUT2D eigenvalue weighted by Crippen LogP contribution is 2.30. The summed E-state index contributed by atoms with van der Waals surface area (Å²) in [6.45, 7) is 70.4. The molecule has 12 heteroatoms. The molecule has 0 aliphatic rings. The van der Waals surface area contributed by atoms with E-state index < -0.39 is 0 Å². The Bertz CT molecular complexity index is 6330. The average molecular weight is 1780 g/mol. The van der Waals surface area contributed by atoms with Crippen molar-refractivity contribution >= 4 is 152 Å². The molecule has 0 atom stereocenters. The van der Waals surface area contributed by atoms with Crippen LogP contribution in [0.15, 0.2) is 311 Å². The van der Waals surface area contributed by atoms with E-state index in [9.17, 15) is 0 Å². The lowest BCUT2D eigenvalue weighted by Crippen LogP contribution is -1.89. The second-order valence-corrected chi connectivity index (χ2v) is 26.1. The molecule has 21 rings (SSSR count). The van der Waals surface area contributed by atoms with Crippen molar-refractivity contribution in [3.05, 3.63) is 350 Å². The van der Waals surface area contributed by atoms with Gasteiger partial charge in [-0.15, -0.1) is 0 Å². The lowest BCUT2D eigenvalue weighted by molar-refractivity contribution is 1.26. The average Bonchev–Trinajstić information content (AvgIpc) is 0.749. The first-order valence-corrected chi connectivity index (χ1v) is 48.9. The van der Waals surface area contributed by atoms with Gasteiger partial charge < -0.3 is 0 Å². The molecule has 21 aromatic rings. The summed E-state index contributed by atoms with van der Waals surface area (Å²) in [7, 11) is 0. The zero-order valence-corrected chi connectivity index (χ0v) is 87.3. The third-order valence-electron chi connectivity index (χ3n) is 18.6. The molecule has 0 saturated carbocycles. The first-order chi connectivity index (χ1) is 65.5. The van der Waals surface area contributed by atoms with Gasteiger partial charge in [-0.05, 0) is 179 Å². The van der Waals surface area contributed by atoms with Crippen molar-refractivity contribution in [3.8, 4) is 0 Å². The Morgan fingerprint density at radius 2 is 0.526 bits per heavy atom. The first-order valence-electron chi connectivity index (χ1n) is 48.9. The molecule has 12 nitrogen and oxygen atoms in total. The highest BCUT2D eigenvalue weighted by molar-refractivity contribution is 6.09. The summed E-state index contributed by atoms with van der Waals surface area (Å²) in [5.41, 5.74) is 20.7. The van der Waals surface area contributed by atoms with Crippen LogP contribution in [0.4, 0.5) is 0 Å². The van der Waals surface area contributed by atoms with Crippen LogP contribution in [0, 0.1) is 48.5 Å². The second-order valence-electron chi connectivity index (χ2n) is 26.1. The maximum atomic E-state index is 4.60. The lowest BCUT2D eigenvalue weighted by Gasteiger charge is -2.04. The summed E-state index contributed by atoms with van der Waals surface area (Å²) in [4.78, 5) is 53.5. The Hall–Kier alpha value is -13.6. The largest absolute Gasteiger partial charge is 0.255 e. The molecule has 0 radical (unpaired) electrons. The maximum Gasteiger partial charge on any atom is 0.0814 e. The number of fused-ring (bicyclic) bond motifs is 21. The molecule has 12 heterocycles. The van der Waals surface area contributed by atoms with Crippen LogP contribution in [-0.4, -0.2) is 59.8 Å². The molecule has 0 amide bonds. The predicted octanol–water partition coefficient (Wildman–Crippen LogP) is 37.2. The molecule has 0 saturated heterocycles. The fourth-order valence-corrected chi connectivity index (χ4v) is 13.3. The minimum Gasteiger partial charge on any atom is -0.255 e. The summed E-state index contributed by atoms with van der Waals surface area (Å²) in [6, 6.07) is 84.5. The number of aromatic nitrogens is 12. The minimum absolute atomic E-state index is 1.00. The zero-order chi connectivity index (χ0) is 99.8. The molecule has 0 unspecified atom stereocenters. The molecule has 133 heavy (non-hydrogen) atoms. The van der Waals surface area contributed by atoms with E-state index in [1.54, 1.807) is 0 Å². The standard InChI is InChI=1S/2C14H11N.5C13H10N2.14C2H6/c1-10-8-12-7-6-11-4-2-3-5-13(11)14(12)15-9-10;1-10-6-7-12-9-8-11-4-2-3-5-13(11)14(12)15-10;1-9-4-2-6-11-12(9)15-8-10-5-3-7-14-13(10)11;1-9-4-5-12-11(7-9)13-10(8-15-12)3-2-6-14-13;1-9-4-5-11-12(7-9)15-8-10-3-2-6-14-13(10)11;1-9-10-6-4-8-14-13(10)11-5-2-3-7-12(11)15-9;1-9-6-7-14-13-10-4-2-3-5-12(10)15-8-11(9)13;14*1-2/h2*2-9H,1H3;5*2-8H,1H3;14*1-2H3. The van der Waals surface area contributed by atoms with Crippen LogP contribution in [0.3, 0.4) is 0 Å². The van der Waals surface area contributed by atoms with Gasteiger partial charge in [-0.3, -0.25) is 59.8 Å². The van der Waals surface area contributed by atoms with Crippen molar-refractivity contribution in [1.29, 1.82) is 0 Å². The van der Waals surface area contributed by atoms with E-state index in [1.807, 2.05) is 367 Å². The van der Waals surface area contributed by atoms with Crippen LogP contribution in [0.5, 0.6) is 0 Å². The van der Waals surface area contributed by atoms with Crippen molar-refractivity contribution in [3.63, 3.8) is 0 Å². The lowest BCUT2D eigenvalue weighted by atomic mass is 10.1. The summed E-state index contributed by atoms with van der Waals surface area (Å²) in [6.07, 6.45) is 18.6. The molecule has 0 spiro atoms. The zero-order valence-electron chi connectivity index (χ0n) is 87.3. The van der Waals surface area contributed by atoms with Crippen LogP contribution in [0.25, 0.3) is 152 Å². The predicted molar refractivity (Wildman–Crippen MR) is 596 cm³/mol. The molecule has 0 aliphatic heterocycles. The smallest absolute Gasteiger partial charge is 0.0814 e. The van der Waals surface area contributed by atoms with Gasteiger partial charge in [-0.1, -0.05) is 351 Å². The molecule has 9 aromatic carbocycles. The first kappa shape index (κ1) is 117. The van der Waals surface area contributed by atoms with Gasteiger partial charge in [-0.25, -0.2) is 0 Å². The van der Waals surface area contributed by atoms with Crippen LogP contribution in [0.1, 0.15) is 233 Å². The van der Waals surface area contributed by atoms with E-state index in [0.29, 0.717) is 0 Å². The van der Waals surface area contributed by atoms with Gasteiger partial charge in [0.05, 0.1) is 66.2 Å². The maximum absolute atomic E-state index is 4.60. The van der Waals surface area contributed by atoms with Crippen LogP contribution in [-0.2, 0) is 0 Å². The van der Waals surface area contributed by atoms with Crippen molar-refractivity contribution in [2.24, 2.45) is 0 Å². The van der Waals surface area contributed by atoms with Crippen LogP contribution < -0.4 is 0 Å². The van der Waals surface area contributed by atoms with Crippen molar-refractivity contribution < 1.29 is 0 Å². The van der Waals surface area contributed by atoms with E-state index in [0.717, 1.165) is 131 Å². The van der Waals surface area contributed by atoms with Gasteiger partial charge in [0.25, 0.3) is 0 Å². The third-order valence-corrected chi connectivity index (χ3v) is 18.6. The third kappa shape index (κ3) is 33.0. The van der Waals surface area contributed by atoms with Gasteiger partial charge >= 0.3 is 0 Å². The minimum atomic E-state index is 1.00. The number of pyridine rings is 12. The fourth-order valence-electron chi connectivity index (χ4n) is 13.3. The Balaban J connectivity index is 0.000000742. The summed E-state index contributed by atoms with van der Waals surface area (Å²) in [5.74, 6) is 0. The van der Waals surface area contributed by atoms with Crippen LogP contribution in [0.2, 0.25) is 0 Å². The molecule has 0 N–H and O–H groups in total. The number of para-hydroxylation sites is 3. The van der Waals surface area contributed by atoms with Gasteiger partial charge in [0.2, 0.25) is 0 Å². The molecule has 700 valence electrons. The van der Waals surface area contributed by atoms with Gasteiger partial charge in [0, 0.05) is 149 Å². The molecule has 0 fully saturated rings. The van der Waals surface area contributed by atoms with Crippen molar-refractivity contribution in [1.82, 2.24) is 59.8 Å². The molecular weight excluding hydrogens is 1620 g/mol. The highest BCUT2D eigenvalue weighted by Gasteiger charge is 2.10. The van der Waals surface area contributed by atoms with Crippen LogP contribution >= 0.6 is 0 Å². The number of hydrogen-bond donors (Lipinski definition) is 0. The number of hydrogen-bond acceptors (Lipinski definition) is 12. The molecule has 0 aliphatic carbocycles. The Morgan fingerprint density at radius 3 is 1.10 bits per heavy atom. The number of benzene rings is 9. The van der Waals surface area contributed by atoms with Crippen molar-refractivity contribution in [2.75, 3.05) is 0 Å². The monoisotopic (exact) mass is 1780 g/mol. The summed E-state index contributed by atoms with van der Waals surface area (Å²) in [5, 5.41) is 18.6. The SMILES string of the molecule is CC.CC.CC.CC.CC.CC.CC.CC.CC.CC.CC.CC.CC.CC.Cc1ccc2c(c1)ncc1cccnc12.Cc1ccc2ccc3ccccc3c2n1.Cc1ccc2ncc3cccnc3c2c1.Cc1cccc2c1ncc1cccnc12.Cc1ccnc2c1cnc1ccccc12.Cc1cnc2c(ccc3ccccc32)c1.Cc1nc2ccccc2c2ncccc12. The van der Waals surface area contributed by atoms with E-state index in [2.05, 4.69) is 246 Å². The molecule has 12 aromatic heterocycles. The second kappa shape index (κ2) is 68.5. The number of aryl methyl sites for hydroxylation is 7. The van der Waals surface area contributed by atoms with E-state index in [1.165, 1.54) is 60.1 Å². The highest BCUT2D eigenvalue weighted by atomic mass is 14.8. The topological polar surface area (TPSA) is 155 Å². The molecular formula is C121H156N12. The van der Waals surface area contributed by atoms with E-state index >= 15 is 0 Å². The summed E-state index contributed by atoms with van der Waals surface area (Å²) < 4.78 is 0. The van der Waals surface area contributed by atoms with Gasteiger partial charge in [0.15, 0.2) is 0 Å². The number of rotatable bonds is 0. The van der Waals surface area contributed by atoms with E-state index in [4.69, 9.17) is 0 Å². The summed E-state index contributed by atoms with van der Waals surface area (Å²) >= 11 is 0. The van der Waals surface area contributed by atoms with Gasteiger partial charge in [-0.2, -0.15) is 0 Å². The number of nitrogens with zero attached hydrogens (tertiary/aromatic N) is 12. The van der Waals surface area contributed by atoms with Crippen molar-refractivity contribution in [2.45, 2.75) is 242 Å². The Kier molecular flexibility index (Phi) is 60.5. The fraction of sp³-hybridized carbons (Fsp3) is 0.289. The Labute approximate surface area is 799 Å². The van der Waals surface area contributed by atoms with E-state index in [-0.39, 0.29) is 0 Å². The normalized spacial score (nSPS) is 9.32. The molecule has 0 bridgehead atoms.